The van der Waals surface area contributed by atoms with E-state index in [2.05, 4.69) is 31.9 Å². The van der Waals surface area contributed by atoms with Crippen LogP contribution in [0.25, 0.3) is 0 Å². The van der Waals surface area contributed by atoms with Crippen molar-refractivity contribution in [1.29, 1.82) is 0 Å². The summed E-state index contributed by atoms with van der Waals surface area (Å²) in [4.78, 5) is 23.0. The fraction of sp³-hybridized carbons (Fsp3) is 0.385. The summed E-state index contributed by atoms with van der Waals surface area (Å²) in [6.45, 7) is 1.50. The van der Waals surface area contributed by atoms with E-state index in [4.69, 9.17) is 0 Å². The van der Waals surface area contributed by atoms with Crippen LogP contribution < -0.4 is 16.0 Å². The van der Waals surface area contributed by atoms with E-state index in [1.54, 1.807) is 19.2 Å². The maximum Gasteiger partial charge on any atom is 0.251 e. The van der Waals surface area contributed by atoms with Crippen LogP contribution in [0.3, 0.4) is 0 Å². The zero-order chi connectivity index (χ0) is 14.1. The number of carbonyl (C=O) groups excluding carboxylic acids is 2. The topological polar surface area (TPSA) is 70.2 Å². The minimum atomic E-state index is -0.142. The largest absolute Gasteiger partial charge is 0.354 e. The molecule has 6 heteroatoms. The predicted octanol–water partition coefficient (Wildman–Crippen LogP) is 0.905. The highest BCUT2D eigenvalue weighted by molar-refractivity contribution is 9.10. The summed E-state index contributed by atoms with van der Waals surface area (Å²) in [5, 5.41) is 8.38. The first-order valence-electron chi connectivity index (χ1n) is 6.08. The van der Waals surface area contributed by atoms with Gasteiger partial charge in [0.2, 0.25) is 5.91 Å². The highest BCUT2D eigenvalue weighted by Crippen LogP contribution is 2.10. The number of nitrogens with one attached hydrogen (secondary N) is 3. The lowest BCUT2D eigenvalue weighted by Gasteiger charge is -2.07. The molecule has 0 atom stereocenters. The van der Waals surface area contributed by atoms with Gasteiger partial charge in [0.1, 0.15) is 0 Å². The second-order valence-corrected chi connectivity index (χ2v) is 4.88. The summed E-state index contributed by atoms with van der Waals surface area (Å²) in [5.41, 5.74) is 0.602. The molecule has 0 saturated heterocycles. The molecule has 0 heterocycles. The van der Waals surface area contributed by atoms with Gasteiger partial charge in [-0.15, -0.1) is 0 Å². The number of rotatable bonds is 7. The molecule has 0 bridgehead atoms. The Hall–Kier alpha value is -1.40. The van der Waals surface area contributed by atoms with Crippen molar-refractivity contribution in [2.75, 3.05) is 26.7 Å². The Morgan fingerprint density at radius 2 is 1.68 bits per heavy atom. The normalized spacial score (nSPS) is 10.0. The van der Waals surface area contributed by atoms with Crippen molar-refractivity contribution in [3.8, 4) is 0 Å². The van der Waals surface area contributed by atoms with Crippen LogP contribution in [-0.4, -0.2) is 38.5 Å². The van der Waals surface area contributed by atoms with Crippen LogP contribution in [0.4, 0.5) is 0 Å². The van der Waals surface area contributed by atoms with E-state index in [0.29, 0.717) is 31.6 Å². The molecular weight excluding hydrogens is 310 g/mol. The summed E-state index contributed by atoms with van der Waals surface area (Å²) < 4.78 is 0.931. The molecule has 0 fully saturated rings. The highest BCUT2D eigenvalue weighted by Gasteiger charge is 2.04. The van der Waals surface area contributed by atoms with E-state index in [1.165, 1.54) is 0 Å². The molecule has 104 valence electrons. The molecule has 0 radical (unpaired) electrons. The molecule has 19 heavy (non-hydrogen) atoms. The van der Waals surface area contributed by atoms with Gasteiger partial charge in [0.25, 0.3) is 5.91 Å². The molecule has 1 rings (SSSR count). The third-order valence-corrected chi connectivity index (χ3v) is 2.97. The first kappa shape index (κ1) is 15.7. The van der Waals surface area contributed by atoms with Gasteiger partial charge < -0.3 is 16.0 Å². The van der Waals surface area contributed by atoms with Crippen molar-refractivity contribution >= 4 is 27.7 Å². The molecule has 2 amide bonds. The second-order valence-electron chi connectivity index (χ2n) is 3.97. The Balaban J connectivity index is 2.20. The molecule has 3 N–H and O–H groups in total. The van der Waals surface area contributed by atoms with Crippen molar-refractivity contribution in [3.05, 3.63) is 34.3 Å². The van der Waals surface area contributed by atoms with Gasteiger partial charge in [-0.2, -0.15) is 0 Å². The van der Waals surface area contributed by atoms with Crippen molar-refractivity contribution in [2.24, 2.45) is 0 Å². The van der Waals surface area contributed by atoms with Gasteiger partial charge in [0.15, 0.2) is 0 Å². The lowest BCUT2D eigenvalue weighted by molar-refractivity contribution is -0.120. The number of amides is 2. The molecule has 0 aliphatic carbocycles. The van der Waals surface area contributed by atoms with Gasteiger partial charge in [-0.1, -0.05) is 15.9 Å². The number of hydrogen-bond donors (Lipinski definition) is 3. The molecule has 1 aromatic rings. The van der Waals surface area contributed by atoms with Crippen LogP contribution >= 0.6 is 15.9 Å². The molecular formula is C13H18BrN3O2. The van der Waals surface area contributed by atoms with Crippen LogP contribution in [0.1, 0.15) is 16.8 Å². The SMILES string of the molecule is CNCCC(=O)NCCNC(=O)c1ccc(Br)cc1. The minimum absolute atomic E-state index is 0.0211. The quantitative estimate of drug-likeness (QED) is 0.652. The van der Waals surface area contributed by atoms with Crippen LogP contribution in [0.15, 0.2) is 28.7 Å². The Morgan fingerprint density at radius 1 is 1.05 bits per heavy atom. The summed E-state index contributed by atoms with van der Waals surface area (Å²) in [6, 6.07) is 7.11. The van der Waals surface area contributed by atoms with Crippen molar-refractivity contribution < 1.29 is 9.59 Å². The van der Waals surface area contributed by atoms with E-state index in [9.17, 15) is 9.59 Å². The third-order valence-electron chi connectivity index (χ3n) is 2.44. The molecule has 0 aliphatic heterocycles. The predicted molar refractivity (Wildman–Crippen MR) is 78.0 cm³/mol. The van der Waals surface area contributed by atoms with Gasteiger partial charge in [-0.05, 0) is 31.3 Å². The van der Waals surface area contributed by atoms with Crippen molar-refractivity contribution in [1.82, 2.24) is 16.0 Å². The van der Waals surface area contributed by atoms with E-state index < -0.39 is 0 Å². The zero-order valence-electron chi connectivity index (χ0n) is 10.8. The molecule has 0 aromatic heterocycles. The molecule has 0 spiro atoms. The maximum absolute atomic E-state index is 11.7. The van der Waals surface area contributed by atoms with Crippen molar-refractivity contribution in [2.45, 2.75) is 6.42 Å². The fourth-order valence-corrected chi connectivity index (χ4v) is 1.67. The highest BCUT2D eigenvalue weighted by atomic mass is 79.9. The van der Waals surface area contributed by atoms with E-state index in [1.807, 2.05) is 12.1 Å². The van der Waals surface area contributed by atoms with Gasteiger partial charge in [-0.25, -0.2) is 0 Å². The number of halogens is 1. The van der Waals surface area contributed by atoms with Crippen LogP contribution in [0, 0.1) is 0 Å². The van der Waals surface area contributed by atoms with Gasteiger partial charge in [0, 0.05) is 36.1 Å². The molecule has 0 unspecified atom stereocenters. The van der Waals surface area contributed by atoms with Crippen LogP contribution in [0.2, 0.25) is 0 Å². The smallest absolute Gasteiger partial charge is 0.251 e. The lowest BCUT2D eigenvalue weighted by Crippen LogP contribution is -2.35. The standard InChI is InChI=1S/C13H18BrN3O2/c1-15-7-6-12(18)16-8-9-17-13(19)10-2-4-11(14)5-3-10/h2-5,15H,6-9H2,1H3,(H,16,18)(H,17,19). The van der Waals surface area contributed by atoms with Gasteiger partial charge >= 0.3 is 0 Å². The van der Waals surface area contributed by atoms with E-state index >= 15 is 0 Å². The summed E-state index contributed by atoms with van der Waals surface area (Å²) in [5.74, 6) is -0.163. The first-order valence-corrected chi connectivity index (χ1v) is 6.88. The minimum Gasteiger partial charge on any atom is -0.354 e. The number of hydrogen-bond acceptors (Lipinski definition) is 3. The lowest BCUT2D eigenvalue weighted by atomic mass is 10.2. The van der Waals surface area contributed by atoms with Crippen LogP contribution in [-0.2, 0) is 4.79 Å². The molecule has 5 nitrogen and oxygen atoms in total. The van der Waals surface area contributed by atoms with E-state index in [-0.39, 0.29) is 11.8 Å². The number of carbonyl (C=O) groups is 2. The monoisotopic (exact) mass is 327 g/mol. The van der Waals surface area contributed by atoms with Crippen molar-refractivity contribution in [3.63, 3.8) is 0 Å². The Kier molecular flexibility index (Phi) is 7.14. The summed E-state index contributed by atoms with van der Waals surface area (Å²) >= 11 is 3.31. The number of benzene rings is 1. The van der Waals surface area contributed by atoms with E-state index in [0.717, 1.165) is 4.47 Å². The Bertz CT molecular complexity index is 420. The average molecular weight is 328 g/mol. The fourth-order valence-electron chi connectivity index (χ4n) is 1.41. The summed E-state index contributed by atoms with van der Waals surface area (Å²) in [6.07, 6.45) is 0.442. The Labute approximate surface area is 121 Å². The zero-order valence-corrected chi connectivity index (χ0v) is 12.4. The Morgan fingerprint density at radius 3 is 2.32 bits per heavy atom. The molecule has 0 saturated carbocycles. The molecule has 0 aliphatic rings. The summed E-state index contributed by atoms with van der Waals surface area (Å²) in [7, 11) is 1.80. The molecule has 1 aromatic carbocycles. The average Bonchev–Trinajstić information content (AvgIpc) is 2.41. The second kappa shape index (κ2) is 8.66. The van der Waals surface area contributed by atoms with Gasteiger partial charge in [-0.3, -0.25) is 9.59 Å². The van der Waals surface area contributed by atoms with Gasteiger partial charge in [0.05, 0.1) is 0 Å². The van der Waals surface area contributed by atoms with Crippen LogP contribution in [0.5, 0.6) is 0 Å². The maximum atomic E-state index is 11.7. The first-order chi connectivity index (χ1) is 9.13. The third kappa shape index (κ3) is 6.35.